The fourth-order valence-electron chi connectivity index (χ4n) is 1.44. The quantitative estimate of drug-likeness (QED) is 0.718. The summed E-state index contributed by atoms with van der Waals surface area (Å²) in [7, 11) is 0. The Hall–Kier alpha value is -1.51. The number of oxazole rings is 1. The van der Waals surface area contributed by atoms with Gasteiger partial charge >= 0.3 is 0 Å². The number of ether oxygens (including phenoxy) is 1. The monoisotopic (exact) mass is 205 g/mol. The molecule has 80 valence electrons. The van der Waals surface area contributed by atoms with Gasteiger partial charge < -0.3 is 9.15 Å². The van der Waals surface area contributed by atoms with E-state index in [2.05, 4.69) is 11.9 Å². The van der Waals surface area contributed by atoms with Crippen molar-refractivity contribution in [3.63, 3.8) is 0 Å². The lowest BCUT2D eigenvalue weighted by Crippen LogP contribution is -1.95. The molecule has 0 N–H and O–H groups in total. The first-order chi connectivity index (χ1) is 7.29. The second kappa shape index (κ2) is 4.34. The molecule has 3 nitrogen and oxygen atoms in total. The number of unbranched alkanes of at least 4 members (excludes halogenated alkanes) is 1. The van der Waals surface area contributed by atoms with Crippen molar-refractivity contribution in [2.24, 2.45) is 0 Å². The molecule has 1 aromatic heterocycles. The Morgan fingerprint density at radius 3 is 3.07 bits per heavy atom. The number of hydrogen-bond acceptors (Lipinski definition) is 3. The highest BCUT2D eigenvalue weighted by Gasteiger charge is 2.03. The maximum absolute atomic E-state index is 5.58. The molecule has 0 saturated carbocycles. The Bertz CT molecular complexity index is 448. The zero-order valence-electron chi connectivity index (χ0n) is 9.12. The van der Waals surface area contributed by atoms with E-state index < -0.39 is 0 Å². The van der Waals surface area contributed by atoms with E-state index in [4.69, 9.17) is 9.15 Å². The van der Waals surface area contributed by atoms with Crippen molar-refractivity contribution in [1.29, 1.82) is 0 Å². The lowest BCUT2D eigenvalue weighted by molar-refractivity contribution is 0.309. The Morgan fingerprint density at radius 1 is 1.40 bits per heavy atom. The van der Waals surface area contributed by atoms with Crippen LogP contribution in [0.25, 0.3) is 11.1 Å². The summed E-state index contributed by atoms with van der Waals surface area (Å²) >= 11 is 0. The lowest BCUT2D eigenvalue weighted by Gasteiger charge is -2.03. The minimum atomic E-state index is 0.690. The molecular formula is C12H15NO2. The molecule has 0 saturated heterocycles. The van der Waals surface area contributed by atoms with Crippen LogP contribution in [0.2, 0.25) is 0 Å². The minimum Gasteiger partial charge on any atom is -0.493 e. The number of benzene rings is 1. The van der Waals surface area contributed by atoms with Crippen LogP contribution in [0.4, 0.5) is 0 Å². The van der Waals surface area contributed by atoms with Gasteiger partial charge in [-0.3, -0.25) is 0 Å². The SMILES string of the molecule is CCCCOc1ccc2nc(C)oc2c1. The number of hydrogen-bond donors (Lipinski definition) is 0. The predicted octanol–water partition coefficient (Wildman–Crippen LogP) is 3.32. The smallest absolute Gasteiger partial charge is 0.192 e. The van der Waals surface area contributed by atoms with Crippen molar-refractivity contribution >= 4 is 11.1 Å². The molecule has 0 spiro atoms. The second-order valence-electron chi connectivity index (χ2n) is 3.56. The number of aromatic nitrogens is 1. The summed E-state index contributed by atoms with van der Waals surface area (Å²) in [5.74, 6) is 1.54. The molecule has 0 radical (unpaired) electrons. The number of rotatable bonds is 4. The summed E-state index contributed by atoms with van der Waals surface area (Å²) < 4.78 is 11.0. The van der Waals surface area contributed by atoms with E-state index in [1.807, 2.05) is 25.1 Å². The van der Waals surface area contributed by atoms with Crippen molar-refractivity contribution in [2.75, 3.05) is 6.61 Å². The first-order valence-electron chi connectivity index (χ1n) is 5.29. The van der Waals surface area contributed by atoms with Gasteiger partial charge in [0.1, 0.15) is 11.3 Å². The standard InChI is InChI=1S/C12H15NO2/c1-3-4-7-14-10-5-6-11-12(8-10)15-9(2)13-11/h5-6,8H,3-4,7H2,1-2H3. The van der Waals surface area contributed by atoms with Crippen LogP contribution >= 0.6 is 0 Å². The van der Waals surface area contributed by atoms with Crippen LogP contribution in [0, 0.1) is 6.92 Å². The van der Waals surface area contributed by atoms with Gasteiger partial charge in [0, 0.05) is 13.0 Å². The van der Waals surface area contributed by atoms with Crippen LogP contribution in [0.3, 0.4) is 0 Å². The topological polar surface area (TPSA) is 35.3 Å². The van der Waals surface area contributed by atoms with E-state index in [-0.39, 0.29) is 0 Å². The largest absolute Gasteiger partial charge is 0.493 e. The van der Waals surface area contributed by atoms with Gasteiger partial charge in [0.25, 0.3) is 0 Å². The molecule has 1 aromatic carbocycles. The molecule has 2 aromatic rings. The van der Waals surface area contributed by atoms with Gasteiger partial charge in [0.05, 0.1) is 6.61 Å². The Kier molecular flexibility index (Phi) is 2.90. The van der Waals surface area contributed by atoms with Crippen LogP contribution in [0.1, 0.15) is 25.7 Å². The van der Waals surface area contributed by atoms with E-state index >= 15 is 0 Å². The predicted molar refractivity (Wildman–Crippen MR) is 59.1 cm³/mol. The highest BCUT2D eigenvalue weighted by Crippen LogP contribution is 2.21. The van der Waals surface area contributed by atoms with Gasteiger partial charge in [-0.15, -0.1) is 0 Å². The van der Waals surface area contributed by atoms with Crippen LogP contribution in [-0.4, -0.2) is 11.6 Å². The summed E-state index contributed by atoms with van der Waals surface area (Å²) in [5.41, 5.74) is 1.68. The van der Waals surface area contributed by atoms with E-state index in [1.165, 1.54) is 0 Å². The Labute approximate surface area is 89.1 Å². The fraction of sp³-hybridized carbons (Fsp3) is 0.417. The zero-order chi connectivity index (χ0) is 10.7. The van der Waals surface area contributed by atoms with Crippen molar-refractivity contribution in [3.8, 4) is 5.75 Å². The molecule has 15 heavy (non-hydrogen) atoms. The minimum absolute atomic E-state index is 0.690. The van der Waals surface area contributed by atoms with Crippen LogP contribution in [0.5, 0.6) is 5.75 Å². The summed E-state index contributed by atoms with van der Waals surface area (Å²) in [6.45, 7) is 4.75. The molecular weight excluding hydrogens is 190 g/mol. The van der Waals surface area contributed by atoms with Crippen LogP contribution in [-0.2, 0) is 0 Å². The zero-order valence-corrected chi connectivity index (χ0v) is 9.12. The van der Waals surface area contributed by atoms with Gasteiger partial charge in [-0.2, -0.15) is 0 Å². The van der Waals surface area contributed by atoms with Gasteiger partial charge in [-0.25, -0.2) is 4.98 Å². The average molecular weight is 205 g/mol. The summed E-state index contributed by atoms with van der Waals surface area (Å²) in [5, 5.41) is 0. The van der Waals surface area contributed by atoms with E-state index in [0.29, 0.717) is 5.89 Å². The second-order valence-corrected chi connectivity index (χ2v) is 3.56. The van der Waals surface area contributed by atoms with Gasteiger partial charge in [-0.1, -0.05) is 13.3 Å². The average Bonchev–Trinajstić information content (AvgIpc) is 2.57. The molecule has 0 amide bonds. The highest BCUT2D eigenvalue weighted by molar-refractivity contribution is 5.74. The first kappa shape index (κ1) is 10.0. The third kappa shape index (κ3) is 2.29. The molecule has 1 heterocycles. The van der Waals surface area contributed by atoms with Gasteiger partial charge in [0.2, 0.25) is 0 Å². The molecule has 2 rings (SSSR count). The third-order valence-corrected chi connectivity index (χ3v) is 2.23. The lowest BCUT2D eigenvalue weighted by atomic mass is 10.3. The van der Waals surface area contributed by atoms with E-state index in [9.17, 15) is 0 Å². The van der Waals surface area contributed by atoms with E-state index in [0.717, 1.165) is 36.3 Å². The van der Waals surface area contributed by atoms with Crippen molar-refractivity contribution in [1.82, 2.24) is 4.98 Å². The molecule has 0 unspecified atom stereocenters. The van der Waals surface area contributed by atoms with Crippen molar-refractivity contribution < 1.29 is 9.15 Å². The fourth-order valence-corrected chi connectivity index (χ4v) is 1.44. The van der Waals surface area contributed by atoms with Gasteiger partial charge in [-0.05, 0) is 18.6 Å². The highest BCUT2D eigenvalue weighted by atomic mass is 16.5. The molecule has 0 aliphatic rings. The Morgan fingerprint density at radius 2 is 2.27 bits per heavy atom. The normalized spacial score (nSPS) is 10.8. The number of aryl methyl sites for hydroxylation is 1. The molecule has 0 fully saturated rings. The summed E-state index contributed by atoms with van der Waals surface area (Å²) in [6, 6.07) is 5.75. The molecule has 0 aliphatic carbocycles. The Balaban J connectivity index is 2.15. The third-order valence-electron chi connectivity index (χ3n) is 2.23. The number of nitrogens with zero attached hydrogens (tertiary/aromatic N) is 1. The van der Waals surface area contributed by atoms with Gasteiger partial charge in [0.15, 0.2) is 11.5 Å². The first-order valence-corrected chi connectivity index (χ1v) is 5.29. The van der Waals surface area contributed by atoms with E-state index in [1.54, 1.807) is 0 Å². The summed E-state index contributed by atoms with van der Waals surface area (Å²) in [6.07, 6.45) is 2.22. The molecule has 0 atom stereocenters. The van der Waals surface area contributed by atoms with Crippen LogP contribution < -0.4 is 4.74 Å². The maximum atomic E-state index is 5.58. The molecule has 0 aliphatic heterocycles. The summed E-state index contributed by atoms with van der Waals surface area (Å²) in [4.78, 5) is 4.23. The van der Waals surface area contributed by atoms with Crippen molar-refractivity contribution in [2.45, 2.75) is 26.7 Å². The molecule has 3 heteroatoms. The number of fused-ring (bicyclic) bond motifs is 1. The molecule has 0 bridgehead atoms. The maximum Gasteiger partial charge on any atom is 0.192 e. The van der Waals surface area contributed by atoms with Crippen molar-refractivity contribution in [3.05, 3.63) is 24.1 Å². The van der Waals surface area contributed by atoms with Crippen LogP contribution in [0.15, 0.2) is 22.6 Å².